The molecule has 0 fully saturated rings. The van der Waals surface area contributed by atoms with E-state index in [0.717, 1.165) is 28.0 Å². The Kier molecular flexibility index (Phi) is 4.59. The lowest BCUT2D eigenvalue weighted by Gasteiger charge is -2.00. The monoisotopic (exact) mass is 310 g/mol. The maximum absolute atomic E-state index is 9.10. The molecule has 2 heterocycles. The van der Waals surface area contributed by atoms with Gasteiger partial charge in [0, 0.05) is 11.0 Å². The van der Waals surface area contributed by atoms with Crippen LogP contribution in [0, 0.1) is 11.8 Å². The summed E-state index contributed by atoms with van der Waals surface area (Å²) < 4.78 is 0. The SMILES string of the molecule is CC1[NH2+]C(C#Cc2c[nH+]cc(-c3ccc(CO)cc3)c2)=CS1. The Labute approximate surface area is 134 Å². The van der Waals surface area contributed by atoms with Crippen molar-refractivity contribution in [3.8, 4) is 23.0 Å². The molecule has 0 aliphatic carbocycles. The van der Waals surface area contributed by atoms with Crippen LogP contribution in [0.5, 0.6) is 0 Å². The highest BCUT2D eigenvalue weighted by molar-refractivity contribution is 8.02. The number of hydrogen-bond donors (Lipinski definition) is 2. The molecule has 3 nitrogen and oxygen atoms in total. The van der Waals surface area contributed by atoms with E-state index in [0.29, 0.717) is 5.37 Å². The lowest BCUT2D eigenvalue weighted by Crippen LogP contribution is -2.84. The van der Waals surface area contributed by atoms with Crippen molar-refractivity contribution in [2.24, 2.45) is 0 Å². The maximum Gasteiger partial charge on any atom is 0.188 e. The van der Waals surface area contributed by atoms with E-state index in [1.165, 1.54) is 0 Å². The first-order valence-electron chi connectivity index (χ1n) is 7.18. The molecule has 1 atom stereocenters. The molecule has 3 rings (SSSR count). The third kappa shape index (κ3) is 3.58. The van der Waals surface area contributed by atoms with Crippen LogP contribution >= 0.6 is 11.8 Å². The molecule has 1 aliphatic rings. The largest absolute Gasteiger partial charge is 0.392 e. The number of pyridine rings is 1. The topological polar surface area (TPSA) is 51.0 Å². The van der Waals surface area contributed by atoms with Crippen LogP contribution in [-0.4, -0.2) is 10.5 Å². The molecule has 1 aromatic carbocycles. The smallest absolute Gasteiger partial charge is 0.188 e. The number of rotatable bonds is 2. The third-order valence-corrected chi connectivity index (χ3v) is 4.39. The van der Waals surface area contributed by atoms with Crippen LogP contribution < -0.4 is 10.3 Å². The molecule has 4 heteroatoms. The van der Waals surface area contributed by atoms with Gasteiger partial charge in [-0.3, -0.25) is 5.32 Å². The average Bonchev–Trinajstić information content (AvgIpc) is 2.99. The third-order valence-electron chi connectivity index (χ3n) is 3.43. The van der Waals surface area contributed by atoms with E-state index in [2.05, 4.69) is 40.5 Å². The maximum atomic E-state index is 9.10. The number of H-pyrrole nitrogens is 1. The van der Waals surface area contributed by atoms with Gasteiger partial charge in [0.25, 0.3) is 0 Å². The van der Waals surface area contributed by atoms with Crippen molar-refractivity contribution in [1.82, 2.24) is 0 Å². The fourth-order valence-corrected chi connectivity index (χ4v) is 2.96. The first kappa shape index (κ1) is 14.9. The highest BCUT2D eigenvalue weighted by Crippen LogP contribution is 2.19. The second-order valence-corrected chi connectivity index (χ2v) is 6.45. The number of aliphatic hydroxyl groups is 1. The second kappa shape index (κ2) is 6.80. The first-order valence-corrected chi connectivity index (χ1v) is 8.13. The molecule has 4 N–H and O–H groups in total. The number of benzene rings is 1. The van der Waals surface area contributed by atoms with E-state index in [1.54, 1.807) is 11.8 Å². The number of thioether (sulfide) groups is 1. The van der Waals surface area contributed by atoms with Gasteiger partial charge in [0.05, 0.1) is 12.2 Å². The Hall–Kier alpha value is -2.06. The predicted octanol–water partition coefficient (Wildman–Crippen LogP) is 1.51. The van der Waals surface area contributed by atoms with Gasteiger partial charge < -0.3 is 5.11 Å². The minimum atomic E-state index is 0.0694. The summed E-state index contributed by atoms with van der Waals surface area (Å²) in [6.07, 6.45) is 3.86. The normalized spacial score (nSPS) is 16.8. The molecule has 0 amide bonds. The Morgan fingerprint density at radius 2 is 2.00 bits per heavy atom. The Balaban J connectivity index is 1.82. The number of allylic oxidation sites excluding steroid dienone is 1. The molecule has 22 heavy (non-hydrogen) atoms. The van der Waals surface area contributed by atoms with Gasteiger partial charge in [-0.15, -0.1) is 0 Å². The van der Waals surface area contributed by atoms with E-state index in [-0.39, 0.29) is 6.61 Å². The zero-order valence-corrected chi connectivity index (χ0v) is 13.2. The fraction of sp³-hybridized carbons (Fsp3) is 0.167. The van der Waals surface area contributed by atoms with E-state index >= 15 is 0 Å². The summed E-state index contributed by atoms with van der Waals surface area (Å²) in [5.41, 5.74) is 5.16. The van der Waals surface area contributed by atoms with E-state index in [4.69, 9.17) is 5.11 Å². The minimum Gasteiger partial charge on any atom is -0.392 e. The van der Waals surface area contributed by atoms with Crippen LogP contribution in [0.15, 0.2) is 53.8 Å². The van der Waals surface area contributed by atoms with E-state index in [9.17, 15) is 0 Å². The van der Waals surface area contributed by atoms with Crippen LogP contribution in [0.3, 0.4) is 0 Å². The summed E-state index contributed by atoms with van der Waals surface area (Å²) in [5, 5.41) is 13.9. The molecular weight excluding hydrogens is 292 g/mol. The van der Waals surface area contributed by atoms with Crippen LogP contribution in [0.4, 0.5) is 0 Å². The van der Waals surface area contributed by atoms with E-state index < -0.39 is 0 Å². The molecule has 1 aromatic heterocycles. The van der Waals surface area contributed by atoms with Gasteiger partial charge in [0.2, 0.25) is 0 Å². The summed E-state index contributed by atoms with van der Waals surface area (Å²) in [6.45, 7) is 2.24. The standard InChI is InChI=1S/C18H16N2OS/c1-13-20-18(12-22-13)7-4-15-8-17(10-19-9-15)16-5-2-14(11-21)3-6-16/h2-3,5-6,8-10,12-13,20-21H,11H2,1H3/p+2. The number of aliphatic hydroxyl groups excluding tert-OH is 1. The zero-order valence-electron chi connectivity index (χ0n) is 12.3. The molecule has 2 aromatic rings. The van der Waals surface area contributed by atoms with E-state index in [1.807, 2.05) is 36.7 Å². The molecule has 1 unspecified atom stereocenters. The quantitative estimate of drug-likeness (QED) is 0.826. The van der Waals surface area contributed by atoms with Crippen molar-refractivity contribution < 1.29 is 15.4 Å². The number of quaternary nitrogens is 1. The number of hydrogen-bond acceptors (Lipinski definition) is 2. The van der Waals surface area contributed by atoms with Crippen LogP contribution in [0.1, 0.15) is 18.1 Å². The lowest BCUT2D eigenvalue weighted by molar-refractivity contribution is -0.607. The minimum absolute atomic E-state index is 0.0694. The number of aromatic amines is 1. The second-order valence-electron chi connectivity index (χ2n) is 5.20. The first-order chi connectivity index (χ1) is 10.7. The fourth-order valence-electron chi connectivity index (χ4n) is 2.24. The Morgan fingerprint density at radius 3 is 2.68 bits per heavy atom. The van der Waals surface area contributed by atoms with Crippen molar-refractivity contribution in [2.75, 3.05) is 0 Å². The highest BCUT2D eigenvalue weighted by Gasteiger charge is 2.14. The Morgan fingerprint density at radius 1 is 1.18 bits per heavy atom. The van der Waals surface area contributed by atoms with Crippen LogP contribution in [0.25, 0.3) is 11.1 Å². The number of nitrogens with two attached hydrogens (primary N) is 1. The zero-order chi connectivity index (χ0) is 15.4. The van der Waals surface area contributed by atoms with Crippen molar-refractivity contribution in [1.29, 1.82) is 0 Å². The van der Waals surface area contributed by atoms with Gasteiger partial charge in [-0.05, 0) is 36.0 Å². The summed E-state index contributed by atoms with van der Waals surface area (Å²) >= 11 is 1.80. The molecule has 0 spiro atoms. The van der Waals surface area contributed by atoms with Crippen molar-refractivity contribution in [2.45, 2.75) is 18.9 Å². The van der Waals surface area contributed by atoms with Gasteiger partial charge in [-0.2, -0.15) is 0 Å². The van der Waals surface area contributed by atoms with Gasteiger partial charge in [0.15, 0.2) is 18.1 Å². The van der Waals surface area contributed by atoms with Crippen LogP contribution in [-0.2, 0) is 6.61 Å². The predicted molar refractivity (Wildman–Crippen MR) is 88.3 cm³/mol. The lowest BCUT2D eigenvalue weighted by atomic mass is 10.0. The molecule has 0 radical (unpaired) electrons. The molecule has 0 saturated heterocycles. The molecule has 110 valence electrons. The van der Waals surface area contributed by atoms with Gasteiger partial charge >= 0.3 is 0 Å². The highest BCUT2D eigenvalue weighted by atomic mass is 32.2. The number of aromatic nitrogens is 1. The van der Waals surface area contributed by atoms with Gasteiger partial charge in [-0.1, -0.05) is 36.0 Å². The van der Waals surface area contributed by atoms with Crippen molar-refractivity contribution in [3.63, 3.8) is 0 Å². The summed E-state index contributed by atoms with van der Waals surface area (Å²) in [5.74, 6) is 6.41. The molecule has 0 bridgehead atoms. The molecule has 0 saturated carbocycles. The average molecular weight is 310 g/mol. The van der Waals surface area contributed by atoms with Crippen LogP contribution in [0.2, 0.25) is 0 Å². The molecule has 1 aliphatic heterocycles. The summed E-state index contributed by atoms with van der Waals surface area (Å²) in [6, 6.07) is 9.97. The Bertz CT molecular complexity index is 757. The number of nitrogens with one attached hydrogen (secondary N) is 1. The summed E-state index contributed by atoms with van der Waals surface area (Å²) in [4.78, 5) is 3.15. The van der Waals surface area contributed by atoms with Gasteiger partial charge in [0.1, 0.15) is 5.37 Å². The van der Waals surface area contributed by atoms with Gasteiger partial charge in [-0.25, -0.2) is 4.98 Å². The molecular formula is C18H18N2OS+2. The summed E-state index contributed by atoms with van der Waals surface area (Å²) in [7, 11) is 0. The van der Waals surface area contributed by atoms with Crippen molar-refractivity contribution in [3.05, 3.63) is 65.0 Å². The van der Waals surface area contributed by atoms with Crippen molar-refractivity contribution >= 4 is 11.8 Å².